The molecule has 1 unspecified atom stereocenters. The summed E-state index contributed by atoms with van der Waals surface area (Å²) in [5.74, 6) is 6.59. The van der Waals surface area contributed by atoms with Gasteiger partial charge in [0.15, 0.2) is 0 Å². The van der Waals surface area contributed by atoms with Gasteiger partial charge in [-0.1, -0.05) is 37.6 Å². The topological polar surface area (TPSA) is 38.0 Å². The first kappa shape index (κ1) is 11.2. The molecule has 0 aromatic heterocycles. The summed E-state index contributed by atoms with van der Waals surface area (Å²) < 4.78 is 0. The maximum absolute atomic E-state index is 5.81. The first-order valence-corrected chi connectivity index (χ1v) is 6.79. The van der Waals surface area contributed by atoms with E-state index in [2.05, 4.69) is 36.6 Å². The van der Waals surface area contributed by atoms with Crippen LogP contribution in [-0.2, 0) is 0 Å². The Kier molecular flexibility index (Phi) is 2.72. The van der Waals surface area contributed by atoms with E-state index in [-0.39, 0.29) is 0 Å². The van der Waals surface area contributed by atoms with E-state index in [1.807, 2.05) is 0 Å². The van der Waals surface area contributed by atoms with E-state index in [4.69, 9.17) is 5.84 Å². The monoisotopic (exact) mass is 230 g/mol. The van der Waals surface area contributed by atoms with E-state index in [0.29, 0.717) is 11.5 Å². The van der Waals surface area contributed by atoms with E-state index in [1.165, 1.54) is 43.2 Å². The van der Waals surface area contributed by atoms with E-state index < -0.39 is 0 Å². The lowest BCUT2D eigenvalue weighted by atomic mass is 9.75. The molecular formula is C15H22N2. The quantitative estimate of drug-likeness (QED) is 0.615. The maximum Gasteiger partial charge on any atom is 0.0516 e. The summed E-state index contributed by atoms with van der Waals surface area (Å²) in [6, 6.07) is 9.21. The summed E-state index contributed by atoms with van der Waals surface area (Å²) in [5, 5.41) is 0. The number of hydrazine groups is 1. The van der Waals surface area contributed by atoms with Gasteiger partial charge in [-0.2, -0.15) is 0 Å². The van der Waals surface area contributed by atoms with Crippen LogP contribution in [0.2, 0.25) is 0 Å². The van der Waals surface area contributed by atoms with Crippen molar-refractivity contribution in [1.82, 2.24) is 5.43 Å². The second kappa shape index (κ2) is 4.11. The van der Waals surface area contributed by atoms with Gasteiger partial charge < -0.3 is 0 Å². The number of nitrogens with two attached hydrogens (primary N) is 1. The van der Waals surface area contributed by atoms with Crippen molar-refractivity contribution >= 4 is 0 Å². The molecule has 1 aromatic carbocycles. The molecule has 2 saturated carbocycles. The number of benzene rings is 1. The third-order valence-corrected chi connectivity index (χ3v) is 4.75. The zero-order chi connectivity index (χ0) is 11.9. The molecule has 92 valence electrons. The predicted octanol–water partition coefficient (Wildman–Crippen LogP) is 3.26. The van der Waals surface area contributed by atoms with Crippen molar-refractivity contribution in [3.8, 4) is 0 Å². The molecule has 2 aliphatic carbocycles. The number of nitrogens with one attached hydrogen (secondary N) is 1. The molecule has 1 aromatic rings. The molecule has 0 radical (unpaired) electrons. The summed E-state index contributed by atoms with van der Waals surface area (Å²) in [4.78, 5) is 0. The van der Waals surface area contributed by atoms with Crippen molar-refractivity contribution in [2.24, 2.45) is 11.3 Å². The molecule has 0 saturated heterocycles. The summed E-state index contributed by atoms with van der Waals surface area (Å²) in [6.07, 6.45) is 6.68. The van der Waals surface area contributed by atoms with Gasteiger partial charge in [-0.3, -0.25) is 11.3 Å². The summed E-state index contributed by atoms with van der Waals surface area (Å²) in [7, 11) is 0. The fourth-order valence-corrected chi connectivity index (χ4v) is 3.02. The zero-order valence-electron chi connectivity index (χ0n) is 10.6. The predicted molar refractivity (Wildman–Crippen MR) is 70.4 cm³/mol. The minimum absolute atomic E-state index is 0.333. The lowest BCUT2D eigenvalue weighted by Crippen LogP contribution is -2.34. The van der Waals surface area contributed by atoms with Gasteiger partial charge in [0, 0.05) is 0 Å². The molecule has 3 N–H and O–H groups in total. The van der Waals surface area contributed by atoms with E-state index in [0.717, 1.165) is 5.92 Å². The second-order valence-electron chi connectivity index (χ2n) is 6.01. The van der Waals surface area contributed by atoms with Crippen LogP contribution in [0.1, 0.15) is 62.1 Å². The average Bonchev–Trinajstić information content (AvgIpc) is 2.98. The van der Waals surface area contributed by atoms with Gasteiger partial charge in [-0.15, -0.1) is 0 Å². The molecule has 0 bridgehead atoms. The molecule has 0 spiro atoms. The van der Waals surface area contributed by atoms with Crippen LogP contribution in [-0.4, -0.2) is 0 Å². The fraction of sp³-hybridized carbons (Fsp3) is 0.600. The van der Waals surface area contributed by atoms with Crippen molar-refractivity contribution in [1.29, 1.82) is 0 Å². The molecule has 1 atom stereocenters. The third-order valence-electron chi connectivity index (χ3n) is 4.75. The zero-order valence-corrected chi connectivity index (χ0v) is 10.6. The van der Waals surface area contributed by atoms with Gasteiger partial charge in [-0.05, 0) is 48.1 Å². The Morgan fingerprint density at radius 2 is 2.00 bits per heavy atom. The highest BCUT2D eigenvalue weighted by atomic mass is 15.2. The lowest BCUT2D eigenvalue weighted by molar-refractivity contribution is 0.357. The SMILES string of the molecule is CC1(C(NN)c2ccccc2C2CCC2)CC1. The van der Waals surface area contributed by atoms with E-state index in [9.17, 15) is 0 Å². The molecule has 0 amide bonds. The number of hydrogen-bond acceptors (Lipinski definition) is 2. The number of rotatable bonds is 4. The minimum Gasteiger partial charge on any atom is -0.271 e. The standard InChI is InChI=1S/C15H22N2/c1-15(9-10-15)14(17-16)13-8-3-2-7-12(13)11-5-4-6-11/h2-3,7-8,11,14,17H,4-6,9-10,16H2,1H3. The van der Waals surface area contributed by atoms with Crippen LogP contribution in [0.25, 0.3) is 0 Å². The van der Waals surface area contributed by atoms with E-state index in [1.54, 1.807) is 0 Å². The lowest BCUT2D eigenvalue weighted by Gasteiger charge is -2.32. The molecule has 3 rings (SSSR count). The largest absolute Gasteiger partial charge is 0.271 e. The van der Waals surface area contributed by atoms with Gasteiger partial charge in [-0.25, -0.2) is 0 Å². The Morgan fingerprint density at radius 3 is 2.53 bits per heavy atom. The van der Waals surface area contributed by atoms with Crippen molar-refractivity contribution in [2.75, 3.05) is 0 Å². The highest BCUT2D eigenvalue weighted by Gasteiger charge is 2.46. The summed E-state index contributed by atoms with van der Waals surface area (Å²) >= 11 is 0. The second-order valence-corrected chi connectivity index (χ2v) is 6.01. The van der Waals surface area contributed by atoms with Gasteiger partial charge in [0.1, 0.15) is 0 Å². The Balaban J connectivity index is 1.94. The van der Waals surface area contributed by atoms with Crippen LogP contribution in [0.4, 0.5) is 0 Å². The Hall–Kier alpha value is -0.860. The molecular weight excluding hydrogens is 208 g/mol. The van der Waals surface area contributed by atoms with Crippen molar-refractivity contribution < 1.29 is 0 Å². The minimum atomic E-state index is 0.333. The van der Waals surface area contributed by atoms with Gasteiger partial charge in [0.2, 0.25) is 0 Å². The van der Waals surface area contributed by atoms with Gasteiger partial charge >= 0.3 is 0 Å². The maximum atomic E-state index is 5.81. The summed E-state index contributed by atoms with van der Waals surface area (Å²) in [5.41, 5.74) is 6.43. The van der Waals surface area contributed by atoms with Crippen LogP contribution in [0.15, 0.2) is 24.3 Å². The fourth-order valence-electron chi connectivity index (χ4n) is 3.02. The van der Waals surface area contributed by atoms with Crippen molar-refractivity contribution in [3.05, 3.63) is 35.4 Å². The van der Waals surface area contributed by atoms with Gasteiger partial charge in [0.05, 0.1) is 6.04 Å². The highest BCUT2D eigenvalue weighted by Crippen LogP contribution is 2.55. The van der Waals surface area contributed by atoms with Crippen LogP contribution < -0.4 is 11.3 Å². The molecule has 0 heterocycles. The average molecular weight is 230 g/mol. The molecule has 2 fully saturated rings. The third kappa shape index (κ3) is 1.90. The Bertz CT molecular complexity index is 405. The van der Waals surface area contributed by atoms with Crippen LogP contribution in [0.3, 0.4) is 0 Å². The van der Waals surface area contributed by atoms with Crippen LogP contribution in [0, 0.1) is 5.41 Å². The van der Waals surface area contributed by atoms with Crippen LogP contribution >= 0.6 is 0 Å². The first-order chi connectivity index (χ1) is 8.24. The Labute approximate surface area is 104 Å². The van der Waals surface area contributed by atoms with Crippen molar-refractivity contribution in [2.45, 2.75) is 51.0 Å². The molecule has 17 heavy (non-hydrogen) atoms. The van der Waals surface area contributed by atoms with Gasteiger partial charge in [0.25, 0.3) is 0 Å². The number of hydrogen-bond donors (Lipinski definition) is 2. The van der Waals surface area contributed by atoms with E-state index >= 15 is 0 Å². The normalized spacial score (nSPS) is 24.1. The van der Waals surface area contributed by atoms with Crippen molar-refractivity contribution in [3.63, 3.8) is 0 Å². The molecule has 0 aliphatic heterocycles. The highest BCUT2D eigenvalue weighted by molar-refractivity contribution is 5.36. The summed E-state index contributed by atoms with van der Waals surface area (Å²) in [6.45, 7) is 2.34. The first-order valence-electron chi connectivity index (χ1n) is 6.79. The molecule has 2 nitrogen and oxygen atoms in total. The molecule has 2 heteroatoms. The smallest absolute Gasteiger partial charge is 0.0516 e. The Morgan fingerprint density at radius 1 is 1.29 bits per heavy atom. The van der Waals surface area contributed by atoms with Crippen LogP contribution in [0.5, 0.6) is 0 Å². The molecule has 2 aliphatic rings.